The van der Waals surface area contributed by atoms with E-state index in [1.54, 1.807) is 6.08 Å². The molecule has 0 spiro atoms. The molecule has 0 atom stereocenters. The standard InChI is InChI=1S/C15H20O2/c1-11(2)14-7-5-13(6-8-14)9-10-17-15(16)12(3)4/h5-12H,1-4H3/b10-9+. The molecule has 0 amide bonds. The predicted octanol–water partition coefficient (Wildman–Crippen LogP) is 3.98. The number of carbonyl (C=O) groups excluding carboxylic acids is 1. The summed E-state index contributed by atoms with van der Waals surface area (Å²) in [6.45, 7) is 7.95. The normalized spacial score (nSPS) is 11.4. The number of hydrogen-bond acceptors (Lipinski definition) is 2. The van der Waals surface area contributed by atoms with E-state index in [0.717, 1.165) is 5.56 Å². The molecule has 2 heteroatoms. The van der Waals surface area contributed by atoms with Gasteiger partial charge in [0, 0.05) is 0 Å². The largest absolute Gasteiger partial charge is 0.434 e. The average Bonchev–Trinajstić information content (AvgIpc) is 2.29. The molecule has 1 aromatic rings. The summed E-state index contributed by atoms with van der Waals surface area (Å²) in [4.78, 5) is 11.2. The van der Waals surface area contributed by atoms with Gasteiger partial charge in [0.1, 0.15) is 0 Å². The average molecular weight is 232 g/mol. The molecule has 0 unspecified atom stereocenters. The van der Waals surface area contributed by atoms with Crippen molar-refractivity contribution in [2.75, 3.05) is 0 Å². The maximum Gasteiger partial charge on any atom is 0.313 e. The Morgan fingerprint density at radius 1 is 1.12 bits per heavy atom. The van der Waals surface area contributed by atoms with Crippen LogP contribution < -0.4 is 0 Å². The van der Waals surface area contributed by atoms with Crippen LogP contribution in [0.4, 0.5) is 0 Å². The van der Waals surface area contributed by atoms with Crippen molar-refractivity contribution in [2.24, 2.45) is 5.92 Å². The highest BCUT2D eigenvalue weighted by Gasteiger charge is 2.05. The van der Waals surface area contributed by atoms with E-state index in [4.69, 9.17) is 4.74 Å². The summed E-state index contributed by atoms with van der Waals surface area (Å²) < 4.78 is 4.97. The summed E-state index contributed by atoms with van der Waals surface area (Å²) in [6, 6.07) is 8.23. The van der Waals surface area contributed by atoms with Crippen LogP contribution in [-0.2, 0) is 9.53 Å². The van der Waals surface area contributed by atoms with Gasteiger partial charge in [-0.3, -0.25) is 4.79 Å². The van der Waals surface area contributed by atoms with Crippen molar-refractivity contribution >= 4 is 12.0 Å². The maximum absolute atomic E-state index is 11.2. The second-order valence-corrected chi connectivity index (χ2v) is 4.72. The first-order chi connectivity index (χ1) is 8.00. The lowest BCUT2D eigenvalue weighted by molar-refractivity contribution is -0.141. The highest BCUT2D eigenvalue weighted by Crippen LogP contribution is 2.15. The monoisotopic (exact) mass is 232 g/mol. The first-order valence-corrected chi connectivity index (χ1v) is 5.97. The van der Waals surface area contributed by atoms with Gasteiger partial charge < -0.3 is 4.74 Å². The third-order valence-corrected chi connectivity index (χ3v) is 2.52. The number of ether oxygens (including phenoxy) is 1. The van der Waals surface area contributed by atoms with Crippen molar-refractivity contribution < 1.29 is 9.53 Å². The fourth-order valence-corrected chi connectivity index (χ4v) is 1.31. The topological polar surface area (TPSA) is 26.3 Å². The SMILES string of the molecule is CC(C)C(=O)O/C=C/c1ccc(C(C)C)cc1. The van der Waals surface area contributed by atoms with Crippen LogP contribution in [0.25, 0.3) is 6.08 Å². The summed E-state index contributed by atoms with van der Waals surface area (Å²) in [5.41, 5.74) is 2.34. The van der Waals surface area contributed by atoms with Crippen LogP contribution >= 0.6 is 0 Å². The van der Waals surface area contributed by atoms with Crippen LogP contribution in [0.5, 0.6) is 0 Å². The summed E-state index contributed by atoms with van der Waals surface area (Å²) in [5, 5.41) is 0. The molecule has 1 aromatic carbocycles. The minimum Gasteiger partial charge on any atom is -0.434 e. The van der Waals surface area contributed by atoms with E-state index >= 15 is 0 Å². The van der Waals surface area contributed by atoms with Gasteiger partial charge in [0.2, 0.25) is 0 Å². The van der Waals surface area contributed by atoms with Gasteiger partial charge in [-0.25, -0.2) is 0 Å². The van der Waals surface area contributed by atoms with Gasteiger partial charge in [-0.2, -0.15) is 0 Å². The predicted molar refractivity (Wildman–Crippen MR) is 70.5 cm³/mol. The molecule has 0 bridgehead atoms. The van der Waals surface area contributed by atoms with Crippen molar-refractivity contribution in [3.05, 3.63) is 41.7 Å². The van der Waals surface area contributed by atoms with Crippen LogP contribution in [0.1, 0.15) is 44.7 Å². The van der Waals surface area contributed by atoms with Crippen LogP contribution in [0, 0.1) is 5.92 Å². The minimum atomic E-state index is -0.208. The van der Waals surface area contributed by atoms with Crippen molar-refractivity contribution in [1.29, 1.82) is 0 Å². The Bertz CT molecular complexity index is 386. The zero-order valence-electron chi connectivity index (χ0n) is 10.9. The van der Waals surface area contributed by atoms with Gasteiger partial charge in [0.05, 0.1) is 12.2 Å². The number of esters is 1. The lowest BCUT2D eigenvalue weighted by atomic mass is 10.0. The fraction of sp³-hybridized carbons (Fsp3) is 0.400. The van der Waals surface area contributed by atoms with E-state index in [9.17, 15) is 4.79 Å². The van der Waals surface area contributed by atoms with E-state index in [-0.39, 0.29) is 11.9 Å². The molecule has 0 saturated heterocycles. The Hall–Kier alpha value is -1.57. The van der Waals surface area contributed by atoms with E-state index in [2.05, 4.69) is 26.0 Å². The third-order valence-electron chi connectivity index (χ3n) is 2.52. The molecule has 0 saturated carbocycles. The van der Waals surface area contributed by atoms with Crippen molar-refractivity contribution in [2.45, 2.75) is 33.6 Å². The molecule has 0 aliphatic heterocycles. The summed E-state index contributed by atoms with van der Waals surface area (Å²) in [7, 11) is 0. The van der Waals surface area contributed by atoms with Gasteiger partial charge >= 0.3 is 5.97 Å². The Morgan fingerprint density at radius 3 is 2.18 bits per heavy atom. The summed E-state index contributed by atoms with van der Waals surface area (Å²) in [5.74, 6) is 0.231. The number of hydrogen-bond donors (Lipinski definition) is 0. The Labute approximate surface area is 103 Å². The van der Waals surface area contributed by atoms with Gasteiger partial charge in [0.15, 0.2) is 0 Å². The van der Waals surface area contributed by atoms with E-state index < -0.39 is 0 Å². The van der Waals surface area contributed by atoms with Crippen molar-refractivity contribution in [3.63, 3.8) is 0 Å². The first-order valence-electron chi connectivity index (χ1n) is 5.97. The number of rotatable bonds is 4. The van der Waals surface area contributed by atoms with Crippen molar-refractivity contribution in [3.8, 4) is 0 Å². The lowest BCUT2D eigenvalue weighted by Gasteiger charge is -2.05. The van der Waals surface area contributed by atoms with Crippen LogP contribution in [0.2, 0.25) is 0 Å². The molecule has 1 rings (SSSR count). The first kappa shape index (κ1) is 13.5. The smallest absolute Gasteiger partial charge is 0.313 e. The molecule has 0 heterocycles. The quantitative estimate of drug-likeness (QED) is 0.579. The van der Waals surface area contributed by atoms with E-state index in [0.29, 0.717) is 5.92 Å². The fourth-order valence-electron chi connectivity index (χ4n) is 1.31. The zero-order valence-corrected chi connectivity index (χ0v) is 10.9. The second kappa shape index (κ2) is 6.24. The molecule has 0 aliphatic rings. The van der Waals surface area contributed by atoms with Gasteiger partial charge in [-0.1, -0.05) is 52.0 Å². The zero-order chi connectivity index (χ0) is 12.8. The summed E-state index contributed by atoms with van der Waals surface area (Å²) >= 11 is 0. The van der Waals surface area contributed by atoms with Crippen molar-refractivity contribution in [1.82, 2.24) is 0 Å². The molecule has 0 radical (unpaired) electrons. The molecule has 0 aliphatic carbocycles. The Morgan fingerprint density at radius 2 is 1.71 bits per heavy atom. The van der Waals surface area contributed by atoms with Crippen LogP contribution in [0.3, 0.4) is 0 Å². The Balaban J connectivity index is 2.57. The maximum atomic E-state index is 11.2. The lowest BCUT2D eigenvalue weighted by Crippen LogP contribution is -2.07. The molecule has 2 nitrogen and oxygen atoms in total. The molecule has 0 aromatic heterocycles. The number of carbonyl (C=O) groups is 1. The van der Waals surface area contributed by atoms with Gasteiger partial charge in [-0.05, 0) is 23.1 Å². The molecular weight excluding hydrogens is 212 g/mol. The van der Waals surface area contributed by atoms with Crippen LogP contribution in [-0.4, -0.2) is 5.97 Å². The molecule has 17 heavy (non-hydrogen) atoms. The summed E-state index contributed by atoms with van der Waals surface area (Å²) in [6.07, 6.45) is 3.25. The Kier molecular flexibility index (Phi) is 4.95. The molecule has 0 fully saturated rings. The second-order valence-electron chi connectivity index (χ2n) is 4.72. The molecular formula is C15H20O2. The minimum absolute atomic E-state index is 0.0945. The van der Waals surface area contributed by atoms with E-state index in [1.165, 1.54) is 11.8 Å². The van der Waals surface area contributed by atoms with Gasteiger partial charge in [-0.15, -0.1) is 0 Å². The number of benzene rings is 1. The molecule has 0 N–H and O–H groups in total. The highest BCUT2D eigenvalue weighted by atomic mass is 16.5. The van der Waals surface area contributed by atoms with Crippen LogP contribution in [0.15, 0.2) is 30.5 Å². The highest BCUT2D eigenvalue weighted by molar-refractivity contribution is 5.72. The van der Waals surface area contributed by atoms with E-state index in [1.807, 2.05) is 26.0 Å². The third kappa shape index (κ3) is 4.43. The van der Waals surface area contributed by atoms with Gasteiger partial charge in [0.25, 0.3) is 0 Å². The molecule has 92 valence electrons.